The standard InChI is InChI=1S/C16H21BrN4O.ClH/c1-11(18)12-5-7-21(8-6-12)10-15-19-16(20-22-15)13-3-2-4-14(17)9-13;/h2-4,9,11-12H,5-8,10,18H2,1H3;1H. The second-order valence-corrected chi connectivity index (χ2v) is 6.91. The highest BCUT2D eigenvalue weighted by Gasteiger charge is 2.23. The minimum Gasteiger partial charge on any atom is -0.338 e. The Morgan fingerprint density at radius 2 is 2.13 bits per heavy atom. The van der Waals surface area contributed by atoms with Gasteiger partial charge >= 0.3 is 0 Å². The third-order valence-corrected chi connectivity index (χ3v) is 4.78. The topological polar surface area (TPSA) is 68.2 Å². The van der Waals surface area contributed by atoms with Gasteiger partial charge in [0.25, 0.3) is 0 Å². The molecule has 2 N–H and O–H groups in total. The van der Waals surface area contributed by atoms with Crippen molar-refractivity contribution in [2.24, 2.45) is 11.7 Å². The Morgan fingerprint density at radius 1 is 1.39 bits per heavy atom. The summed E-state index contributed by atoms with van der Waals surface area (Å²) in [6.45, 7) is 4.90. The number of hydrogen-bond donors (Lipinski definition) is 1. The van der Waals surface area contributed by atoms with E-state index < -0.39 is 0 Å². The van der Waals surface area contributed by atoms with Crippen LogP contribution in [0.2, 0.25) is 0 Å². The summed E-state index contributed by atoms with van der Waals surface area (Å²) >= 11 is 3.46. The minimum absolute atomic E-state index is 0. The van der Waals surface area contributed by atoms with Crippen molar-refractivity contribution in [3.05, 3.63) is 34.6 Å². The number of piperidine rings is 1. The summed E-state index contributed by atoms with van der Waals surface area (Å²) in [6.07, 6.45) is 2.29. The molecule has 1 atom stereocenters. The van der Waals surface area contributed by atoms with Crippen LogP contribution in [0.25, 0.3) is 11.4 Å². The van der Waals surface area contributed by atoms with Crippen molar-refractivity contribution in [2.75, 3.05) is 13.1 Å². The zero-order chi connectivity index (χ0) is 15.5. The van der Waals surface area contributed by atoms with E-state index in [1.807, 2.05) is 24.3 Å². The maximum absolute atomic E-state index is 5.98. The Balaban J connectivity index is 0.00000192. The van der Waals surface area contributed by atoms with Crippen molar-refractivity contribution in [3.63, 3.8) is 0 Å². The normalized spacial score (nSPS) is 17.7. The molecule has 23 heavy (non-hydrogen) atoms. The Bertz CT molecular complexity index is 626. The quantitative estimate of drug-likeness (QED) is 0.849. The third kappa shape index (κ3) is 4.76. The smallest absolute Gasteiger partial charge is 0.241 e. The first-order valence-corrected chi connectivity index (χ1v) is 8.47. The first-order valence-electron chi connectivity index (χ1n) is 7.68. The van der Waals surface area contributed by atoms with E-state index in [-0.39, 0.29) is 18.4 Å². The molecule has 1 aliphatic rings. The molecule has 5 nitrogen and oxygen atoms in total. The van der Waals surface area contributed by atoms with Gasteiger partial charge in [-0.3, -0.25) is 4.90 Å². The summed E-state index contributed by atoms with van der Waals surface area (Å²) in [4.78, 5) is 6.86. The average molecular weight is 402 g/mol. The predicted octanol–water partition coefficient (Wildman–Crippen LogP) is 3.48. The van der Waals surface area contributed by atoms with E-state index in [2.05, 4.69) is 37.9 Å². The molecule has 0 aliphatic carbocycles. The Kier molecular flexibility index (Phi) is 6.59. The molecule has 1 aromatic carbocycles. The number of aromatic nitrogens is 2. The lowest BCUT2D eigenvalue weighted by molar-refractivity contribution is 0.150. The van der Waals surface area contributed by atoms with Crippen molar-refractivity contribution in [1.29, 1.82) is 0 Å². The number of rotatable bonds is 4. The van der Waals surface area contributed by atoms with Gasteiger partial charge in [-0.25, -0.2) is 0 Å². The Labute approximate surface area is 151 Å². The van der Waals surface area contributed by atoms with Gasteiger partial charge in [0.2, 0.25) is 11.7 Å². The molecule has 2 aromatic rings. The summed E-state index contributed by atoms with van der Waals surface area (Å²) in [6, 6.07) is 8.20. The van der Waals surface area contributed by atoms with Crippen molar-refractivity contribution in [3.8, 4) is 11.4 Å². The van der Waals surface area contributed by atoms with Gasteiger partial charge in [0.05, 0.1) is 6.54 Å². The van der Waals surface area contributed by atoms with Crippen LogP contribution in [-0.2, 0) is 6.54 Å². The molecular formula is C16H22BrClN4O. The molecule has 0 bridgehead atoms. The van der Waals surface area contributed by atoms with E-state index in [1.165, 1.54) is 0 Å². The predicted molar refractivity (Wildman–Crippen MR) is 96.3 cm³/mol. The fraction of sp³-hybridized carbons (Fsp3) is 0.500. The summed E-state index contributed by atoms with van der Waals surface area (Å²) in [5.74, 6) is 1.95. The van der Waals surface area contributed by atoms with Crippen LogP contribution in [0.4, 0.5) is 0 Å². The highest BCUT2D eigenvalue weighted by molar-refractivity contribution is 9.10. The van der Waals surface area contributed by atoms with Gasteiger partial charge in [-0.2, -0.15) is 4.98 Å². The molecule has 7 heteroatoms. The monoisotopic (exact) mass is 400 g/mol. The third-order valence-electron chi connectivity index (χ3n) is 4.29. The highest BCUT2D eigenvalue weighted by Crippen LogP contribution is 2.23. The summed E-state index contributed by atoms with van der Waals surface area (Å²) < 4.78 is 6.40. The SMILES string of the molecule is CC(N)C1CCN(Cc2nc(-c3cccc(Br)c3)no2)CC1.Cl. The highest BCUT2D eigenvalue weighted by atomic mass is 79.9. The molecule has 1 aromatic heterocycles. The number of nitrogens with two attached hydrogens (primary N) is 1. The van der Waals surface area contributed by atoms with E-state index in [1.54, 1.807) is 0 Å². The van der Waals surface area contributed by atoms with E-state index in [4.69, 9.17) is 10.3 Å². The number of halogens is 2. The van der Waals surface area contributed by atoms with E-state index >= 15 is 0 Å². The van der Waals surface area contributed by atoms with Crippen molar-refractivity contribution in [1.82, 2.24) is 15.0 Å². The molecular weight excluding hydrogens is 380 g/mol. The van der Waals surface area contributed by atoms with Crippen LogP contribution in [0.3, 0.4) is 0 Å². The Morgan fingerprint density at radius 3 is 2.78 bits per heavy atom. The largest absolute Gasteiger partial charge is 0.338 e. The van der Waals surface area contributed by atoms with E-state index in [0.717, 1.165) is 36.0 Å². The van der Waals surface area contributed by atoms with Gasteiger partial charge in [-0.05, 0) is 50.9 Å². The minimum atomic E-state index is 0. The number of benzene rings is 1. The van der Waals surface area contributed by atoms with E-state index in [0.29, 0.717) is 24.2 Å². The van der Waals surface area contributed by atoms with Crippen LogP contribution in [-0.4, -0.2) is 34.2 Å². The number of hydrogen-bond acceptors (Lipinski definition) is 5. The van der Waals surface area contributed by atoms with E-state index in [9.17, 15) is 0 Å². The van der Waals surface area contributed by atoms with Crippen LogP contribution in [0.5, 0.6) is 0 Å². The summed E-state index contributed by atoms with van der Waals surface area (Å²) in [5.41, 5.74) is 6.94. The lowest BCUT2D eigenvalue weighted by Gasteiger charge is -2.32. The molecule has 0 radical (unpaired) electrons. The molecule has 1 aliphatic heterocycles. The maximum atomic E-state index is 5.98. The fourth-order valence-electron chi connectivity index (χ4n) is 2.89. The van der Waals surface area contributed by atoms with Gasteiger partial charge in [0.15, 0.2) is 0 Å². The molecule has 0 saturated carbocycles. The van der Waals surface area contributed by atoms with Crippen LogP contribution >= 0.6 is 28.3 Å². The molecule has 0 amide bonds. The van der Waals surface area contributed by atoms with Gasteiger partial charge in [-0.1, -0.05) is 33.2 Å². The molecule has 3 rings (SSSR count). The zero-order valence-corrected chi connectivity index (χ0v) is 15.5. The van der Waals surface area contributed by atoms with Crippen LogP contribution < -0.4 is 5.73 Å². The molecule has 0 spiro atoms. The van der Waals surface area contributed by atoms with Crippen molar-refractivity contribution < 1.29 is 4.52 Å². The number of likely N-dealkylation sites (tertiary alicyclic amines) is 1. The van der Waals surface area contributed by atoms with Crippen molar-refractivity contribution in [2.45, 2.75) is 32.4 Å². The molecule has 2 heterocycles. The number of nitrogens with zero attached hydrogens (tertiary/aromatic N) is 3. The van der Waals surface area contributed by atoms with Gasteiger partial charge in [0.1, 0.15) is 0 Å². The lowest BCUT2D eigenvalue weighted by atomic mass is 9.91. The first kappa shape index (κ1) is 18.4. The Hall–Kier alpha value is -0.950. The molecule has 1 fully saturated rings. The second kappa shape index (κ2) is 8.24. The average Bonchev–Trinajstić information content (AvgIpc) is 2.96. The molecule has 1 unspecified atom stereocenters. The molecule has 1 saturated heterocycles. The van der Waals surface area contributed by atoms with Crippen molar-refractivity contribution >= 4 is 28.3 Å². The van der Waals surface area contributed by atoms with Gasteiger partial charge in [-0.15, -0.1) is 12.4 Å². The second-order valence-electron chi connectivity index (χ2n) is 5.99. The summed E-state index contributed by atoms with van der Waals surface area (Å²) in [7, 11) is 0. The van der Waals surface area contributed by atoms with Gasteiger partial charge in [0, 0.05) is 16.1 Å². The maximum Gasteiger partial charge on any atom is 0.241 e. The van der Waals surface area contributed by atoms with Crippen LogP contribution in [0.15, 0.2) is 33.3 Å². The summed E-state index contributed by atoms with van der Waals surface area (Å²) in [5, 5.41) is 4.08. The van der Waals surface area contributed by atoms with Crippen LogP contribution in [0, 0.1) is 5.92 Å². The first-order chi connectivity index (χ1) is 10.6. The van der Waals surface area contributed by atoms with Gasteiger partial charge < -0.3 is 10.3 Å². The molecule has 126 valence electrons. The fourth-order valence-corrected chi connectivity index (χ4v) is 3.29. The zero-order valence-electron chi connectivity index (χ0n) is 13.1. The lowest BCUT2D eigenvalue weighted by Crippen LogP contribution is -2.39. The van der Waals surface area contributed by atoms with Crippen LogP contribution in [0.1, 0.15) is 25.7 Å².